The number of nitrogens with one attached hydrogen (secondary N) is 1. The molecule has 0 aliphatic carbocycles. The fraction of sp³-hybridized carbons (Fsp3) is 0.290. The Balaban J connectivity index is 1.39. The summed E-state index contributed by atoms with van der Waals surface area (Å²) in [6, 6.07) is 23.9. The van der Waals surface area contributed by atoms with Gasteiger partial charge in [0.1, 0.15) is 11.8 Å². The Morgan fingerprint density at radius 2 is 1.75 bits per heavy atom. The molecule has 1 aliphatic rings. The molecule has 0 spiro atoms. The molecule has 0 bridgehead atoms. The van der Waals surface area contributed by atoms with E-state index in [1.807, 2.05) is 47.1 Å². The summed E-state index contributed by atoms with van der Waals surface area (Å²) < 4.78 is 7.27. The zero-order valence-corrected chi connectivity index (χ0v) is 23.0. The number of fused-ring (bicyclic) bond motifs is 1. The highest BCUT2D eigenvalue weighted by Gasteiger charge is 2.33. The lowest BCUT2D eigenvalue weighted by molar-refractivity contribution is 0.200. The van der Waals surface area contributed by atoms with Crippen molar-refractivity contribution in [2.45, 2.75) is 26.4 Å². The molecule has 1 fully saturated rings. The molecule has 5 aromatic rings. The first-order chi connectivity index (χ1) is 19.5. The summed E-state index contributed by atoms with van der Waals surface area (Å²) >= 11 is 0. The van der Waals surface area contributed by atoms with Crippen molar-refractivity contribution in [1.82, 2.24) is 30.1 Å². The number of hydrogen-bond acceptors (Lipinski definition) is 7. The Bertz CT molecular complexity index is 1690. The number of benzene rings is 3. The van der Waals surface area contributed by atoms with Crippen LogP contribution in [0.1, 0.15) is 34.1 Å². The maximum atomic E-state index is 13.6. The van der Waals surface area contributed by atoms with E-state index in [1.54, 1.807) is 7.11 Å². The molecule has 6 rings (SSSR count). The van der Waals surface area contributed by atoms with Crippen molar-refractivity contribution in [1.29, 1.82) is 0 Å². The number of H-pyrrole nitrogens is 1. The van der Waals surface area contributed by atoms with E-state index in [2.05, 4.69) is 74.5 Å². The number of ether oxygens (including phenoxy) is 1. The average Bonchev–Trinajstić information content (AvgIpc) is 3.43. The van der Waals surface area contributed by atoms with E-state index in [9.17, 15) is 4.79 Å². The number of aryl methyl sites for hydroxylation is 2. The molecule has 0 unspecified atom stereocenters. The minimum absolute atomic E-state index is 0.145. The fourth-order valence-corrected chi connectivity index (χ4v) is 5.59. The summed E-state index contributed by atoms with van der Waals surface area (Å²) in [4.78, 5) is 21.4. The molecular formula is C31H33N7O2. The first-order valence-electron chi connectivity index (χ1n) is 13.6. The second kappa shape index (κ2) is 10.9. The van der Waals surface area contributed by atoms with Gasteiger partial charge in [0, 0.05) is 48.3 Å². The number of piperazine rings is 1. The van der Waals surface area contributed by atoms with Crippen LogP contribution in [0.15, 0.2) is 77.6 Å². The Morgan fingerprint density at radius 1 is 0.950 bits per heavy atom. The van der Waals surface area contributed by atoms with E-state index in [1.165, 1.54) is 16.8 Å². The Labute approximate surface area is 233 Å². The number of rotatable bonds is 7. The van der Waals surface area contributed by atoms with Crippen LogP contribution in [-0.4, -0.2) is 63.4 Å². The van der Waals surface area contributed by atoms with Gasteiger partial charge in [0.25, 0.3) is 5.56 Å². The van der Waals surface area contributed by atoms with Crippen LogP contribution in [0.2, 0.25) is 0 Å². The number of tetrazole rings is 1. The fourth-order valence-electron chi connectivity index (χ4n) is 5.59. The van der Waals surface area contributed by atoms with E-state index in [-0.39, 0.29) is 5.56 Å². The second-order valence-electron chi connectivity index (χ2n) is 10.4. The Kier molecular flexibility index (Phi) is 7.04. The highest BCUT2D eigenvalue weighted by molar-refractivity contribution is 5.80. The predicted molar refractivity (Wildman–Crippen MR) is 156 cm³/mol. The number of nitrogens with zero attached hydrogens (tertiary/aromatic N) is 6. The SMILES string of the molecule is COc1ccc2[nH]c(=O)c([C@H](c3nnnn3Cc3ccccc3)N3CCN(c4cc(C)ccc4C)CC3)cc2c1. The molecule has 0 amide bonds. The zero-order chi connectivity index (χ0) is 27.6. The summed E-state index contributed by atoms with van der Waals surface area (Å²) in [5.74, 6) is 1.38. The Morgan fingerprint density at radius 3 is 2.52 bits per heavy atom. The van der Waals surface area contributed by atoms with Gasteiger partial charge in [-0.1, -0.05) is 42.5 Å². The van der Waals surface area contributed by atoms with Gasteiger partial charge >= 0.3 is 0 Å². The summed E-state index contributed by atoms with van der Waals surface area (Å²) in [7, 11) is 1.64. The van der Waals surface area contributed by atoms with Gasteiger partial charge in [0.15, 0.2) is 5.82 Å². The van der Waals surface area contributed by atoms with Gasteiger partial charge in [-0.25, -0.2) is 4.68 Å². The van der Waals surface area contributed by atoms with Crippen molar-refractivity contribution in [3.05, 3.63) is 111 Å². The third-order valence-corrected chi connectivity index (χ3v) is 7.74. The largest absolute Gasteiger partial charge is 0.497 e. The first-order valence-corrected chi connectivity index (χ1v) is 13.6. The van der Waals surface area contributed by atoms with E-state index < -0.39 is 6.04 Å². The lowest BCUT2D eigenvalue weighted by atomic mass is 10.0. The first kappa shape index (κ1) is 25.8. The van der Waals surface area contributed by atoms with Gasteiger partial charge in [0.05, 0.1) is 13.7 Å². The van der Waals surface area contributed by atoms with Crippen LogP contribution in [0, 0.1) is 13.8 Å². The van der Waals surface area contributed by atoms with E-state index >= 15 is 0 Å². The number of aromatic nitrogens is 5. The quantitative estimate of drug-likeness (QED) is 0.336. The third kappa shape index (κ3) is 5.08. The highest BCUT2D eigenvalue weighted by Crippen LogP contribution is 2.31. The molecule has 0 saturated carbocycles. The summed E-state index contributed by atoms with van der Waals surface area (Å²) in [5.41, 5.74) is 6.10. The second-order valence-corrected chi connectivity index (χ2v) is 10.4. The van der Waals surface area contributed by atoms with Crippen molar-refractivity contribution in [2.24, 2.45) is 0 Å². The molecule has 3 aromatic carbocycles. The van der Waals surface area contributed by atoms with E-state index in [0.29, 0.717) is 17.9 Å². The maximum absolute atomic E-state index is 13.6. The molecule has 1 N–H and O–H groups in total. The zero-order valence-electron chi connectivity index (χ0n) is 23.0. The normalized spacial score (nSPS) is 14.9. The number of pyridine rings is 1. The molecule has 9 heteroatoms. The summed E-state index contributed by atoms with van der Waals surface area (Å²) in [6.45, 7) is 7.98. The molecule has 1 aliphatic heterocycles. The van der Waals surface area contributed by atoms with Gasteiger partial charge in [-0.3, -0.25) is 9.69 Å². The monoisotopic (exact) mass is 535 g/mol. The van der Waals surface area contributed by atoms with Crippen molar-refractivity contribution in [2.75, 3.05) is 38.2 Å². The minimum Gasteiger partial charge on any atom is -0.497 e. The summed E-state index contributed by atoms with van der Waals surface area (Å²) in [5, 5.41) is 13.8. The molecule has 9 nitrogen and oxygen atoms in total. The van der Waals surface area contributed by atoms with E-state index in [0.717, 1.165) is 48.4 Å². The molecule has 0 radical (unpaired) electrons. The minimum atomic E-state index is -0.418. The van der Waals surface area contributed by atoms with Crippen LogP contribution < -0.4 is 15.2 Å². The average molecular weight is 536 g/mol. The van der Waals surface area contributed by atoms with Gasteiger partial charge in [-0.15, -0.1) is 5.10 Å². The van der Waals surface area contributed by atoms with Crippen molar-refractivity contribution >= 4 is 16.6 Å². The topological polar surface area (TPSA) is 92.2 Å². The van der Waals surface area contributed by atoms with Gasteiger partial charge in [-0.05, 0) is 71.3 Å². The number of anilines is 1. The number of aromatic amines is 1. The van der Waals surface area contributed by atoms with Crippen LogP contribution in [0.4, 0.5) is 5.69 Å². The smallest absolute Gasteiger partial charge is 0.253 e. The standard InChI is InChI=1S/C31H33N7O2/c1-21-9-10-22(2)28(17-21)36-13-15-37(16-14-36)29(30-33-34-35-38(30)20-23-7-5-4-6-8-23)26-19-24-18-25(40-3)11-12-27(24)32-31(26)39/h4-12,17-19,29H,13-16,20H2,1-3H3,(H,32,39)/t29-/m1/s1. The van der Waals surface area contributed by atoms with Crippen molar-refractivity contribution in [3.8, 4) is 5.75 Å². The van der Waals surface area contributed by atoms with Crippen molar-refractivity contribution in [3.63, 3.8) is 0 Å². The van der Waals surface area contributed by atoms with Crippen molar-refractivity contribution < 1.29 is 4.74 Å². The lowest BCUT2D eigenvalue weighted by Crippen LogP contribution is -2.49. The third-order valence-electron chi connectivity index (χ3n) is 7.74. The molecule has 1 atom stereocenters. The maximum Gasteiger partial charge on any atom is 0.253 e. The predicted octanol–water partition coefficient (Wildman–Crippen LogP) is 4.10. The molecule has 1 saturated heterocycles. The summed E-state index contributed by atoms with van der Waals surface area (Å²) in [6.07, 6.45) is 0. The molecular weight excluding hydrogens is 502 g/mol. The van der Waals surface area contributed by atoms with Gasteiger partial charge < -0.3 is 14.6 Å². The Hall–Kier alpha value is -4.50. The van der Waals surface area contributed by atoms with Crippen LogP contribution >= 0.6 is 0 Å². The van der Waals surface area contributed by atoms with E-state index in [4.69, 9.17) is 4.74 Å². The molecule has 2 aromatic heterocycles. The highest BCUT2D eigenvalue weighted by atomic mass is 16.5. The van der Waals surface area contributed by atoms with Crippen LogP contribution in [0.25, 0.3) is 10.9 Å². The number of methoxy groups -OCH3 is 1. The van der Waals surface area contributed by atoms with Crippen LogP contribution in [0.3, 0.4) is 0 Å². The van der Waals surface area contributed by atoms with Crippen LogP contribution in [-0.2, 0) is 6.54 Å². The number of hydrogen-bond donors (Lipinski definition) is 1. The molecule has 40 heavy (non-hydrogen) atoms. The van der Waals surface area contributed by atoms with Gasteiger partial charge in [-0.2, -0.15) is 0 Å². The lowest BCUT2D eigenvalue weighted by Gasteiger charge is -2.40. The molecule has 204 valence electrons. The van der Waals surface area contributed by atoms with Gasteiger partial charge in [0.2, 0.25) is 0 Å². The molecule has 3 heterocycles. The van der Waals surface area contributed by atoms with Crippen LogP contribution in [0.5, 0.6) is 5.75 Å².